The van der Waals surface area contributed by atoms with Crippen molar-refractivity contribution in [1.82, 2.24) is 15.3 Å². The molecule has 3 N–H and O–H groups in total. The summed E-state index contributed by atoms with van der Waals surface area (Å²) in [6.07, 6.45) is 4.62. The molecule has 2 atom stereocenters. The van der Waals surface area contributed by atoms with Crippen LogP contribution >= 0.6 is 11.3 Å². The Hall–Kier alpha value is -0.490. The van der Waals surface area contributed by atoms with E-state index in [0.29, 0.717) is 0 Å². The monoisotopic (exact) mass is 282 g/mol. The average molecular weight is 282 g/mol. The molecule has 2 rings (SSSR count). The van der Waals surface area contributed by atoms with E-state index in [2.05, 4.69) is 41.5 Å². The predicted molar refractivity (Wildman–Crippen MR) is 81.2 cm³/mol. The van der Waals surface area contributed by atoms with Crippen molar-refractivity contribution in [2.24, 2.45) is 5.84 Å². The van der Waals surface area contributed by atoms with Gasteiger partial charge in [-0.1, -0.05) is 6.92 Å². The fraction of sp³-hybridized carbons (Fsp3) is 0.786. The predicted octanol–water partition coefficient (Wildman–Crippen LogP) is 2.09. The number of hydrogen-bond donors (Lipinski definition) is 2. The molecule has 2 unspecified atom stereocenters. The molecule has 0 saturated carbocycles. The summed E-state index contributed by atoms with van der Waals surface area (Å²) in [7, 11) is 0. The second kappa shape index (κ2) is 6.31. The third-order valence-electron chi connectivity index (χ3n) is 4.58. The van der Waals surface area contributed by atoms with Crippen molar-refractivity contribution in [3.8, 4) is 0 Å². The molecule has 0 aliphatic carbocycles. The molecular formula is C14H26N4S. The smallest absolute Gasteiger partial charge is 0.0897 e. The van der Waals surface area contributed by atoms with E-state index in [4.69, 9.17) is 5.84 Å². The zero-order valence-corrected chi connectivity index (χ0v) is 13.1. The standard InChI is InChI=1S/C14H26N4S/c1-4-14(3,18-7-5-6-8-18)13(17-15)9-12-10-19-11(2)16-12/h10,13,17H,4-9,15H2,1-3H3. The molecule has 1 fully saturated rings. The average Bonchev–Trinajstić information content (AvgIpc) is 3.06. The third kappa shape index (κ3) is 3.16. The van der Waals surface area contributed by atoms with Crippen molar-refractivity contribution in [2.45, 2.75) is 58.0 Å². The molecule has 1 aromatic heterocycles. The Morgan fingerprint density at radius 3 is 2.68 bits per heavy atom. The fourth-order valence-corrected chi connectivity index (χ4v) is 3.71. The Kier molecular flexibility index (Phi) is 4.95. The minimum atomic E-state index is 0.114. The van der Waals surface area contributed by atoms with E-state index in [-0.39, 0.29) is 11.6 Å². The van der Waals surface area contributed by atoms with Crippen LogP contribution in [0.15, 0.2) is 5.38 Å². The van der Waals surface area contributed by atoms with Gasteiger partial charge < -0.3 is 0 Å². The number of hydrazine groups is 1. The topological polar surface area (TPSA) is 54.2 Å². The summed E-state index contributed by atoms with van der Waals surface area (Å²) in [5, 5.41) is 3.28. The Morgan fingerprint density at radius 2 is 2.21 bits per heavy atom. The lowest BCUT2D eigenvalue weighted by Crippen LogP contribution is -2.61. The van der Waals surface area contributed by atoms with Crippen LogP contribution in [0, 0.1) is 6.92 Å². The lowest BCUT2D eigenvalue weighted by molar-refractivity contribution is 0.0837. The van der Waals surface area contributed by atoms with Gasteiger partial charge >= 0.3 is 0 Å². The number of rotatable bonds is 6. The van der Waals surface area contributed by atoms with Gasteiger partial charge in [0.15, 0.2) is 0 Å². The summed E-state index contributed by atoms with van der Waals surface area (Å²) >= 11 is 1.71. The molecule has 0 amide bonds. The van der Waals surface area contributed by atoms with E-state index in [9.17, 15) is 0 Å². The second-order valence-electron chi connectivity index (χ2n) is 5.69. The van der Waals surface area contributed by atoms with Crippen molar-refractivity contribution in [2.75, 3.05) is 13.1 Å². The highest BCUT2D eigenvalue weighted by Gasteiger charge is 2.39. The highest BCUT2D eigenvalue weighted by molar-refractivity contribution is 7.09. The van der Waals surface area contributed by atoms with E-state index in [0.717, 1.165) is 23.5 Å². The van der Waals surface area contributed by atoms with Gasteiger partial charge in [-0.15, -0.1) is 11.3 Å². The van der Waals surface area contributed by atoms with Gasteiger partial charge in [-0.2, -0.15) is 0 Å². The zero-order chi connectivity index (χ0) is 13.9. The maximum Gasteiger partial charge on any atom is 0.0897 e. The largest absolute Gasteiger partial charge is 0.296 e. The molecular weight excluding hydrogens is 256 g/mol. The van der Waals surface area contributed by atoms with Crippen molar-refractivity contribution in [3.63, 3.8) is 0 Å². The fourth-order valence-electron chi connectivity index (χ4n) is 3.09. The zero-order valence-electron chi connectivity index (χ0n) is 12.3. The Balaban J connectivity index is 2.13. The summed E-state index contributed by atoms with van der Waals surface area (Å²) in [4.78, 5) is 7.17. The van der Waals surface area contributed by atoms with Gasteiger partial charge in [-0.25, -0.2) is 4.98 Å². The number of aromatic nitrogens is 1. The molecule has 0 aromatic carbocycles. The number of aryl methyl sites for hydroxylation is 1. The van der Waals surface area contributed by atoms with E-state index in [1.54, 1.807) is 11.3 Å². The molecule has 1 aliphatic heterocycles. The number of nitrogens with one attached hydrogen (secondary N) is 1. The van der Waals surface area contributed by atoms with Crippen LogP contribution in [-0.4, -0.2) is 34.6 Å². The van der Waals surface area contributed by atoms with Gasteiger partial charge in [-0.05, 0) is 46.2 Å². The number of likely N-dealkylation sites (tertiary alicyclic amines) is 1. The highest BCUT2D eigenvalue weighted by atomic mass is 32.1. The molecule has 2 heterocycles. The maximum atomic E-state index is 5.86. The normalized spacial score (nSPS) is 21.5. The van der Waals surface area contributed by atoms with Crippen molar-refractivity contribution in [1.29, 1.82) is 0 Å². The Labute approximate surface area is 120 Å². The van der Waals surface area contributed by atoms with Crippen LogP contribution in [0.3, 0.4) is 0 Å². The molecule has 1 aromatic rings. The molecule has 0 radical (unpaired) electrons. The lowest BCUT2D eigenvalue weighted by atomic mass is 9.85. The van der Waals surface area contributed by atoms with Crippen LogP contribution < -0.4 is 11.3 Å². The summed E-state index contributed by atoms with van der Waals surface area (Å²) < 4.78 is 0. The maximum absolute atomic E-state index is 5.86. The molecule has 108 valence electrons. The van der Waals surface area contributed by atoms with Gasteiger partial charge in [0.05, 0.1) is 10.7 Å². The summed E-state index contributed by atoms with van der Waals surface area (Å²) in [5.41, 5.74) is 4.32. The van der Waals surface area contributed by atoms with E-state index in [1.165, 1.54) is 25.9 Å². The van der Waals surface area contributed by atoms with Crippen LogP contribution in [0.5, 0.6) is 0 Å². The Morgan fingerprint density at radius 1 is 1.53 bits per heavy atom. The Bertz CT molecular complexity index is 400. The number of nitrogens with two attached hydrogens (primary N) is 1. The van der Waals surface area contributed by atoms with Crippen molar-refractivity contribution >= 4 is 11.3 Å². The van der Waals surface area contributed by atoms with Crippen LogP contribution in [0.4, 0.5) is 0 Å². The summed E-state index contributed by atoms with van der Waals surface area (Å²) in [6, 6.07) is 0.247. The number of hydrogen-bond acceptors (Lipinski definition) is 5. The third-order valence-corrected chi connectivity index (χ3v) is 5.40. The van der Waals surface area contributed by atoms with Crippen molar-refractivity contribution in [3.05, 3.63) is 16.1 Å². The molecule has 0 bridgehead atoms. The van der Waals surface area contributed by atoms with Crippen LogP contribution in [-0.2, 0) is 6.42 Å². The number of thiazole rings is 1. The first-order valence-electron chi connectivity index (χ1n) is 7.22. The van der Waals surface area contributed by atoms with E-state index < -0.39 is 0 Å². The first kappa shape index (κ1) is 14.9. The molecule has 19 heavy (non-hydrogen) atoms. The quantitative estimate of drug-likeness (QED) is 0.620. The highest BCUT2D eigenvalue weighted by Crippen LogP contribution is 2.29. The van der Waals surface area contributed by atoms with Crippen LogP contribution in [0.2, 0.25) is 0 Å². The minimum absolute atomic E-state index is 0.114. The summed E-state index contributed by atoms with van der Waals surface area (Å²) in [5.74, 6) is 5.86. The van der Waals surface area contributed by atoms with Gasteiger partial charge in [-0.3, -0.25) is 16.2 Å². The summed E-state index contributed by atoms with van der Waals surface area (Å²) in [6.45, 7) is 9.03. The molecule has 5 heteroatoms. The second-order valence-corrected chi connectivity index (χ2v) is 6.75. The van der Waals surface area contributed by atoms with Gasteiger partial charge in [0.2, 0.25) is 0 Å². The van der Waals surface area contributed by atoms with E-state index in [1.807, 2.05) is 0 Å². The molecule has 1 saturated heterocycles. The molecule has 4 nitrogen and oxygen atoms in total. The van der Waals surface area contributed by atoms with Gasteiger partial charge in [0, 0.05) is 23.4 Å². The molecule has 0 spiro atoms. The van der Waals surface area contributed by atoms with Crippen LogP contribution in [0.25, 0.3) is 0 Å². The molecule has 1 aliphatic rings. The van der Waals surface area contributed by atoms with Gasteiger partial charge in [0.1, 0.15) is 0 Å². The van der Waals surface area contributed by atoms with Gasteiger partial charge in [0.25, 0.3) is 0 Å². The van der Waals surface area contributed by atoms with Crippen molar-refractivity contribution < 1.29 is 0 Å². The van der Waals surface area contributed by atoms with E-state index >= 15 is 0 Å². The minimum Gasteiger partial charge on any atom is -0.296 e. The lowest BCUT2D eigenvalue weighted by Gasteiger charge is -2.44. The first-order chi connectivity index (χ1) is 9.10. The number of nitrogens with zero attached hydrogens (tertiary/aromatic N) is 2. The first-order valence-corrected chi connectivity index (χ1v) is 8.10. The SMILES string of the molecule is CCC(C)(C(Cc1csc(C)n1)NN)N1CCCC1. The van der Waals surface area contributed by atoms with Crippen LogP contribution in [0.1, 0.15) is 43.8 Å².